The minimum absolute atomic E-state index is 0.0857. The van der Waals surface area contributed by atoms with Crippen LogP contribution in [0.3, 0.4) is 0 Å². The van der Waals surface area contributed by atoms with Crippen LogP contribution in [0.25, 0.3) is 21.5 Å². The number of thiazole rings is 1. The van der Waals surface area contributed by atoms with E-state index in [0.717, 1.165) is 11.3 Å². The maximum absolute atomic E-state index is 13.5. The van der Waals surface area contributed by atoms with E-state index in [2.05, 4.69) is 37.2 Å². The molecule has 3 saturated heterocycles. The van der Waals surface area contributed by atoms with E-state index in [0.29, 0.717) is 15.9 Å². The van der Waals surface area contributed by atoms with Gasteiger partial charge in [-0.15, -0.1) is 0 Å². The van der Waals surface area contributed by atoms with Crippen LogP contribution in [0, 0.1) is 0 Å². The highest BCUT2D eigenvalue weighted by Crippen LogP contribution is 2.58. The summed E-state index contributed by atoms with van der Waals surface area (Å²) in [4.78, 5) is 44.1. The molecule has 0 aromatic carbocycles. The number of ether oxygens (including phenoxy) is 2. The second-order valence-corrected chi connectivity index (χ2v) is 16.4. The van der Waals surface area contributed by atoms with E-state index in [1.165, 1.54) is 23.5 Å². The van der Waals surface area contributed by atoms with Gasteiger partial charge in [0.25, 0.3) is 0 Å². The lowest BCUT2D eigenvalue weighted by Crippen LogP contribution is -2.30. The van der Waals surface area contributed by atoms with Crippen molar-refractivity contribution >= 4 is 82.1 Å². The molecule has 0 aliphatic carbocycles. The molecule has 230 valence electrons. The van der Waals surface area contributed by atoms with Crippen molar-refractivity contribution in [3.8, 4) is 0 Å². The van der Waals surface area contributed by atoms with Gasteiger partial charge in [0, 0.05) is 12.8 Å². The smallest absolute Gasteiger partial charge is 0.382 e. The third kappa shape index (κ3) is 5.62. The molecular formula is C20H23N9O9P2S3. The van der Waals surface area contributed by atoms with Crippen molar-refractivity contribution in [3.05, 3.63) is 28.6 Å². The number of hydrogen-bond acceptors (Lipinski definition) is 17. The summed E-state index contributed by atoms with van der Waals surface area (Å²) in [5, 5.41) is 0. The number of nitrogens with two attached hydrogens (primary N) is 2. The molecule has 23 heteroatoms. The first-order chi connectivity index (χ1) is 20.5. The number of rotatable bonds is 2. The second kappa shape index (κ2) is 11.0. The van der Waals surface area contributed by atoms with Crippen LogP contribution in [-0.2, 0) is 43.9 Å². The van der Waals surface area contributed by atoms with Gasteiger partial charge >= 0.3 is 18.4 Å². The van der Waals surface area contributed by atoms with Crippen LogP contribution in [0.4, 0.5) is 11.6 Å². The first-order valence-corrected chi connectivity index (χ1v) is 18.8. The number of anilines is 2. The maximum atomic E-state index is 13.5. The lowest BCUT2D eigenvalue weighted by molar-refractivity contribution is -0.0577. The van der Waals surface area contributed by atoms with E-state index in [1.54, 1.807) is 4.57 Å². The molecule has 3 unspecified atom stereocenters. The zero-order chi connectivity index (χ0) is 30.1. The lowest BCUT2D eigenvalue weighted by Gasteiger charge is -2.26. The fraction of sp³-hybridized carbons (Fsp3) is 0.500. The fourth-order valence-corrected chi connectivity index (χ4v) is 9.05. The van der Waals surface area contributed by atoms with Crippen LogP contribution in [0.5, 0.6) is 0 Å². The molecule has 4 aromatic heterocycles. The van der Waals surface area contributed by atoms with Crippen molar-refractivity contribution in [2.24, 2.45) is 0 Å². The van der Waals surface area contributed by atoms with E-state index < -0.39 is 55.3 Å². The Morgan fingerprint density at radius 3 is 2.56 bits per heavy atom. The van der Waals surface area contributed by atoms with Crippen molar-refractivity contribution in [1.82, 2.24) is 34.1 Å². The number of hydrogen-bond donors (Lipinski definition) is 4. The normalized spacial score (nSPS) is 35.4. The fourth-order valence-electron chi connectivity index (χ4n) is 5.20. The van der Waals surface area contributed by atoms with E-state index in [4.69, 9.17) is 50.8 Å². The highest BCUT2D eigenvalue weighted by atomic mass is 32.7. The van der Waals surface area contributed by atoms with Crippen LogP contribution in [0.1, 0.15) is 25.3 Å². The molecule has 0 amide bonds. The number of aromatic nitrogens is 7. The molecule has 3 aliphatic rings. The van der Waals surface area contributed by atoms with Gasteiger partial charge in [-0.1, -0.05) is 23.6 Å². The molecule has 3 aliphatic heterocycles. The molecule has 0 saturated carbocycles. The Labute approximate surface area is 255 Å². The average molecular weight is 692 g/mol. The van der Waals surface area contributed by atoms with E-state index in [1.807, 2.05) is 0 Å². The number of thiol groups is 1. The molecule has 2 bridgehead atoms. The van der Waals surface area contributed by atoms with Crippen LogP contribution in [0.15, 0.2) is 23.8 Å². The lowest BCUT2D eigenvalue weighted by atomic mass is 10.2. The first-order valence-electron chi connectivity index (χ1n) is 12.6. The van der Waals surface area contributed by atoms with Crippen LogP contribution in [0.2, 0.25) is 0 Å². The average Bonchev–Trinajstić information content (AvgIpc) is 3.71. The quantitative estimate of drug-likeness (QED) is 0.172. The molecule has 5 N–H and O–H groups in total. The Hall–Kier alpha value is -2.13. The summed E-state index contributed by atoms with van der Waals surface area (Å²) in [5.74, 6) is 0.314. The van der Waals surface area contributed by atoms with E-state index in [-0.39, 0.29) is 43.3 Å². The van der Waals surface area contributed by atoms with Crippen molar-refractivity contribution in [1.29, 1.82) is 0 Å². The number of nitrogen functional groups attached to an aromatic ring is 2. The van der Waals surface area contributed by atoms with E-state index >= 15 is 0 Å². The predicted octanol–water partition coefficient (Wildman–Crippen LogP) is 1.50. The highest BCUT2D eigenvalue weighted by Gasteiger charge is 2.46. The highest BCUT2D eigenvalue weighted by molar-refractivity contribution is 8.44. The van der Waals surface area contributed by atoms with Gasteiger partial charge in [0.05, 0.1) is 31.7 Å². The maximum Gasteiger partial charge on any atom is 0.386 e. The Morgan fingerprint density at radius 2 is 1.74 bits per heavy atom. The predicted molar refractivity (Wildman–Crippen MR) is 158 cm³/mol. The summed E-state index contributed by atoms with van der Waals surface area (Å²) in [6.45, 7) is -8.51. The zero-order valence-corrected chi connectivity index (χ0v) is 26.0. The van der Waals surface area contributed by atoms with Gasteiger partial charge in [0.2, 0.25) is 0 Å². The van der Waals surface area contributed by atoms with Gasteiger partial charge in [0.1, 0.15) is 47.1 Å². The molecule has 7 heterocycles. The van der Waals surface area contributed by atoms with Gasteiger partial charge in [0.15, 0.2) is 23.3 Å². The molecule has 4 aromatic rings. The van der Waals surface area contributed by atoms with Crippen LogP contribution >= 0.6 is 37.1 Å². The van der Waals surface area contributed by atoms with E-state index in [9.17, 15) is 14.3 Å². The van der Waals surface area contributed by atoms with Gasteiger partial charge in [-0.2, -0.15) is 0 Å². The Morgan fingerprint density at radius 1 is 0.977 bits per heavy atom. The Bertz CT molecular complexity index is 1870. The van der Waals surface area contributed by atoms with Crippen molar-refractivity contribution in [2.45, 2.75) is 49.7 Å². The number of fused-ring (bicyclic) bond motifs is 5. The minimum Gasteiger partial charge on any atom is -0.382 e. The first kappa shape index (κ1) is 29.6. The largest absolute Gasteiger partial charge is 0.386 e. The molecule has 7 rings (SSSR count). The summed E-state index contributed by atoms with van der Waals surface area (Å²) in [7, 11) is 0. The summed E-state index contributed by atoms with van der Waals surface area (Å²) in [5.41, 5.74) is 12.9. The third-order valence-corrected chi connectivity index (χ3v) is 11.3. The molecule has 3 fully saturated rings. The molecular weight excluding hydrogens is 668 g/mol. The standard InChI is InChI=1S/C20H23N9O9P2S3/c21-15-13-17(25-5-23-15)28(7-27-13)12-2-9-11(36-12)4-34-40(32,42)38-10-1-8(3-33-39(31,41)37-9)35-19(10)29-18-14(43-20(29)30)16(22)24-6-26-18/h5-12,19H,1-4H2,(H,31,41)(H,32,42)(H2,21,23,25)(H2,22,24,26)/t8-,9?,10+,11+,12+,19+,39?,40?/m0/s1. The Balaban J connectivity index is 1.18. The molecule has 18 nitrogen and oxygen atoms in total. The summed E-state index contributed by atoms with van der Waals surface area (Å²) in [6, 6.07) is 0. The summed E-state index contributed by atoms with van der Waals surface area (Å²) in [6.07, 6.45) is -1.05. The third-order valence-electron chi connectivity index (χ3n) is 7.07. The number of imidazole rings is 1. The number of nitrogens with zero attached hydrogens (tertiary/aromatic N) is 7. The van der Waals surface area contributed by atoms with Gasteiger partial charge < -0.3 is 34.9 Å². The van der Waals surface area contributed by atoms with Gasteiger partial charge in [-0.05, 0) is 11.8 Å². The summed E-state index contributed by atoms with van der Waals surface area (Å²) >= 11 is 10.3. The topological polar surface area (TPSA) is 236 Å². The second-order valence-electron chi connectivity index (χ2n) is 9.80. The van der Waals surface area contributed by atoms with Gasteiger partial charge in [-0.3, -0.25) is 23.0 Å². The van der Waals surface area contributed by atoms with Gasteiger partial charge in [-0.25, -0.2) is 29.5 Å². The Kier molecular flexibility index (Phi) is 7.59. The molecule has 8 atom stereocenters. The van der Waals surface area contributed by atoms with Crippen molar-refractivity contribution in [3.63, 3.8) is 0 Å². The molecule has 0 spiro atoms. The zero-order valence-electron chi connectivity index (χ0n) is 21.7. The van der Waals surface area contributed by atoms with Crippen molar-refractivity contribution < 1.29 is 37.0 Å². The summed E-state index contributed by atoms with van der Waals surface area (Å²) < 4.78 is 52.0. The monoisotopic (exact) mass is 691 g/mol. The minimum atomic E-state index is -4.10. The van der Waals surface area contributed by atoms with Crippen LogP contribution < -0.4 is 16.3 Å². The molecule has 43 heavy (non-hydrogen) atoms. The van der Waals surface area contributed by atoms with Crippen LogP contribution in [-0.4, -0.2) is 76.6 Å². The SMILES string of the molecule is Nc1ncnc2c1ncn2[C@H]1CC2OP(O)(=S)OC[C@@H]3C[C@@H](OP(=O)(S)OC[C@H]2O1)[C@H](n1c(=O)sc2c(N)ncnc21)O3. The molecule has 0 radical (unpaired) electrons. The van der Waals surface area contributed by atoms with Crippen molar-refractivity contribution in [2.75, 3.05) is 24.7 Å².